The summed E-state index contributed by atoms with van der Waals surface area (Å²) in [5.41, 5.74) is 0. The van der Waals surface area contributed by atoms with Gasteiger partial charge in [0.1, 0.15) is 10.5 Å². The largest absolute Gasteiger partial charge is 0.286 e. The highest BCUT2D eigenvalue weighted by atomic mass is 32.2. The molecule has 74 valence electrons. The van der Waals surface area contributed by atoms with Crippen molar-refractivity contribution >= 4 is 45.8 Å². The lowest BCUT2D eigenvalue weighted by Crippen LogP contribution is -2.36. The van der Waals surface area contributed by atoms with Gasteiger partial charge in [-0.15, -0.1) is 0 Å². The third kappa shape index (κ3) is 1.50. The zero-order chi connectivity index (χ0) is 10.3. The van der Waals surface area contributed by atoms with Gasteiger partial charge in [-0.2, -0.15) is 0 Å². The van der Waals surface area contributed by atoms with Gasteiger partial charge in [0.2, 0.25) is 11.8 Å². The normalized spacial score (nSPS) is 32.0. The molecule has 8 heteroatoms. The van der Waals surface area contributed by atoms with Crippen molar-refractivity contribution in [3.05, 3.63) is 0 Å². The van der Waals surface area contributed by atoms with Gasteiger partial charge in [-0.25, -0.2) is 0 Å². The van der Waals surface area contributed by atoms with E-state index in [0.29, 0.717) is 0 Å². The van der Waals surface area contributed by atoms with Crippen molar-refractivity contribution in [3.63, 3.8) is 0 Å². The van der Waals surface area contributed by atoms with Gasteiger partial charge in [0.25, 0.3) is 10.5 Å². The molecule has 0 bridgehead atoms. The lowest BCUT2D eigenvalue weighted by Gasteiger charge is -2.07. The molecule has 0 radical (unpaired) electrons. The van der Waals surface area contributed by atoms with E-state index in [4.69, 9.17) is 0 Å². The van der Waals surface area contributed by atoms with E-state index in [1.54, 1.807) is 0 Å². The van der Waals surface area contributed by atoms with Gasteiger partial charge >= 0.3 is 0 Å². The van der Waals surface area contributed by atoms with Gasteiger partial charge in [-0.05, 0) is 23.5 Å². The highest BCUT2D eigenvalue weighted by molar-refractivity contribution is 8.19. The van der Waals surface area contributed by atoms with E-state index in [-0.39, 0.29) is 0 Å². The van der Waals surface area contributed by atoms with Crippen LogP contribution < -0.4 is 10.6 Å². The Hall–Kier alpha value is -1.02. The average Bonchev–Trinajstić information content (AvgIpc) is 2.55. The molecule has 14 heavy (non-hydrogen) atoms. The second-order valence-corrected chi connectivity index (χ2v) is 4.86. The minimum Gasteiger partial charge on any atom is -0.286 e. The fourth-order valence-electron chi connectivity index (χ4n) is 1.14. The first kappa shape index (κ1) is 9.53. The molecule has 2 fully saturated rings. The quantitative estimate of drug-likeness (QED) is 0.644. The van der Waals surface area contributed by atoms with Crippen LogP contribution >= 0.6 is 23.5 Å². The topological polar surface area (TPSA) is 92.3 Å². The first-order valence-corrected chi connectivity index (χ1v) is 5.37. The molecule has 4 amide bonds. The first-order chi connectivity index (χ1) is 6.58. The third-order valence-corrected chi connectivity index (χ3v) is 4.00. The Morgan fingerprint density at radius 2 is 1.14 bits per heavy atom. The summed E-state index contributed by atoms with van der Waals surface area (Å²) in [6.07, 6.45) is 0. The highest BCUT2D eigenvalue weighted by Crippen LogP contribution is 2.32. The Morgan fingerprint density at radius 1 is 0.786 bits per heavy atom. The summed E-state index contributed by atoms with van der Waals surface area (Å²) in [5, 5.41) is 1.58. The molecule has 0 saturated carbocycles. The Bertz CT molecular complexity index is 322. The lowest BCUT2D eigenvalue weighted by molar-refractivity contribution is -0.123. The van der Waals surface area contributed by atoms with Crippen molar-refractivity contribution in [1.82, 2.24) is 10.6 Å². The van der Waals surface area contributed by atoms with Crippen LogP contribution in [-0.2, 0) is 9.59 Å². The van der Waals surface area contributed by atoms with Crippen molar-refractivity contribution in [2.24, 2.45) is 0 Å². The molecule has 0 unspecified atom stereocenters. The van der Waals surface area contributed by atoms with Gasteiger partial charge in [-0.1, -0.05) is 0 Å². The van der Waals surface area contributed by atoms with E-state index in [0.717, 1.165) is 23.5 Å². The molecular weight excluding hydrogens is 228 g/mol. The van der Waals surface area contributed by atoms with Gasteiger partial charge in [0.15, 0.2) is 0 Å². The van der Waals surface area contributed by atoms with Crippen LogP contribution in [0.15, 0.2) is 0 Å². The SMILES string of the molecule is O=C1NC(=O)[C@H]([C@@H]2SC(=O)NC2=O)S1. The number of thioether (sulfide) groups is 2. The molecule has 2 aliphatic heterocycles. The van der Waals surface area contributed by atoms with E-state index in [9.17, 15) is 19.2 Å². The van der Waals surface area contributed by atoms with Crippen LogP contribution in [0, 0.1) is 0 Å². The van der Waals surface area contributed by atoms with Crippen molar-refractivity contribution < 1.29 is 19.2 Å². The van der Waals surface area contributed by atoms with Crippen LogP contribution in [0.3, 0.4) is 0 Å². The summed E-state index contributed by atoms with van der Waals surface area (Å²) in [7, 11) is 0. The molecule has 2 rings (SSSR count). The smallest absolute Gasteiger partial charge is 0.286 e. The van der Waals surface area contributed by atoms with Crippen LogP contribution in [0.4, 0.5) is 9.59 Å². The van der Waals surface area contributed by atoms with Crippen LogP contribution in [0.1, 0.15) is 0 Å². The fourth-order valence-corrected chi connectivity index (χ4v) is 3.08. The van der Waals surface area contributed by atoms with E-state index < -0.39 is 32.8 Å². The summed E-state index contributed by atoms with van der Waals surface area (Å²) in [6, 6.07) is 0. The minimum absolute atomic E-state index is 0.479. The average molecular weight is 232 g/mol. The molecule has 2 heterocycles. The number of imide groups is 2. The van der Waals surface area contributed by atoms with Crippen LogP contribution in [0.2, 0.25) is 0 Å². The summed E-state index contributed by atoms with van der Waals surface area (Å²) < 4.78 is 0. The van der Waals surface area contributed by atoms with Gasteiger partial charge in [0, 0.05) is 0 Å². The summed E-state index contributed by atoms with van der Waals surface area (Å²) in [6.45, 7) is 0. The molecule has 0 aromatic heterocycles. The van der Waals surface area contributed by atoms with Gasteiger partial charge in [-0.3, -0.25) is 29.8 Å². The zero-order valence-corrected chi connectivity index (χ0v) is 8.24. The highest BCUT2D eigenvalue weighted by Gasteiger charge is 2.46. The maximum Gasteiger partial charge on any atom is 0.286 e. The Balaban J connectivity index is 2.16. The van der Waals surface area contributed by atoms with Crippen LogP contribution in [0.25, 0.3) is 0 Å². The number of hydrogen-bond acceptors (Lipinski definition) is 6. The lowest BCUT2D eigenvalue weighted by atomic mass is 10.2. The number of rotatable bonds is 1. The van der Waals surface area contributed by atoms with Gasteiger partial charge in [0.05, 0.1) is 0 Å². The second-order valence-electron chi connectivity index (χ2n) is 2.63. The molecule has 2 atom stereocenters. The molecule has 0 aliphatic carbocycles. The summed E-state index contributed by atoms with van der Waals surface area (Å²) in [4.78, 5) is 44.0. The Morgan fingerprint density at radius 3 is 1.36 bits per heavy atom. The second kappa shape index (κ2) is 3.28. The Kier molecular flexibility index (Phi) is 2.23. The fraction of sp³-hybridized carbons (Fsp3) is 0.333. The maximum atomic E-state index is 11.2. The van der Waals surface area contributed by atoms with Crippen LogP contribution in [-0.4, -0.2) is 32.8 Å². The zero-order valence-electron chi connectivity index (χ0n) is 6.60. The number of carbonyl (C=O) groups excluding carboxylic acids is 4. The monoisotopic (exact) mass is 232 g/mol. The first-order valence-electron chi connectivity index (χ1n) is 3.61. The molecule has 2 N–H and O–H groups in total. The van der Waals surface area contributed by atoms with E-state index in [2.05, 4.69) is 10.6 Å². The minimum atomic E-state index is -0.793. The standard InChI is InChI=1S/C6H4N2O4S2/c9-3-1(13-5(11)7-3)2-4(10)8-6(12)14-2/h1-2H,(H,7,9,11)(H,8,10,12)/t1-,2-/m0/s1. The molecule has 0 aromatic rings. The van der Waals surface area contributed by atoms with Crippen molar-refractivity contribution in [1.29, 1.82) is 0 Å². The van der Waals surface area contributed by atoms with Crippen LogP contribution in [0.5, 0.6) is 0 Å². The summed E-state index contributed by atoms with van der Waals surface area (Å²) in [5.74, 6) is -1.02. The predicted octanol–water partition coefficient (Wildman–Crippen LogP) is -0.310. The van der Waals surface area contributed by atoms with E-state index in [1.165, 1.54) is 0 Å². The molecule has 6 nitrogen and oxygen atoms in total. The van der Waals surface area contributed by atoms with E-state index in [1.807, 2.05) is 0 Å². The molecular formula is C6H4N2O4S2. The van der Waals surface area contributed by atoms with Gasteiger partial charge < -0.3 is 0 Å². The number of amides is 4. The molecule has 2 aliphatic rings. The van der Waals surface area contributed by atoms with Crippen molar-refractivity contribution in [3.8, 4) is 0 Å². The van der Waals surface area contributed by atoms with E-state index >= 15 is 0 Å². The van der Waals surface area contributed by atoms with Crippen molar-refractivity contribution in [2.45, 2.75) is 10.5 Å². The third-order valence-electron chi connectivity index (χ3n) is 1.71. The number of hydrogen-bond donors (Lipinski definition) is 2. The Labute approximate surface area is 86.5 Å². The summed E-state index contributed by atoms with van der Waals surface area (Å²) >= 11 is 1.49. The molecule has 2 saturated heterocycles. The van der Waals surface area contributed by atoms with Crippen molar-refractivity contribution in [2.75, 3.05) is 0 Å². The number of carbonyl (C=O) groups is 4. The number of nitrogens with one attached hydrogen (secondary N) is 2. The molecule has 0 spiro atoms. The maximum absolute atomic E-state index is 11.2. The molecule has 0 aromatic carbocycles. The predicted molar refractivity (Wildman–Crippen MR) is 49.8 cm³/mol.